The van der Waals surface area contributed by atoms with Crippen molar-refractivity contribution in [1.82, 2.24) is 20.1 Å². The molecule has 0 spiro atoms. The molecule has 2 amide bonds. The molecule has 1 aromatic rings. The van der Waals surface area contributed by atoms with Crippen molar-refractivity contribution in [3.8, 4) is 0 Å². The van der Waals surface area contributed by atoms with Crippen LogP contribution in [0.5, 0.6) is 0 Å². The maximum Gasteiger partial charge on any atom is 0.256 e. The first-order valence-electron chi connectivity index (χ1n) is 10.5. The third kappa shape index (κ3) is 6.19. The molecule has 0 unspecified atom stereocenters. The smallest absolute Gasteiger partial charge is 0.256 e. The molecule has 0 atom stereocenters. The minimum atomic E-state index is -0.511. The van der Waals surface area contributed by atoms with Crippen molar-refractivity contribution < 1.29 is 9.59 Å². The van der Waals surface area contributed by atoms with Gasteiger partial charge in [-0.1, -0.05) is 13.3 Å². The minimum absolute atomic E-state index is 0.0227. The van der Waals surface area contributed by atoms with Crippen molar-refractivity contribution in [1.29, 1.82) is 0 Å². The highest BCUT2D eigenvalue weighted by atomic mass is 16.2. The maximum atomic E-state index is 12.8. The second-order valence-electron chi connectivity index (χ2n) is 7.72. The molecule has 28 heavy (non-hydrogen) atoms. The molecule has 1 aliphatic heterocycles. The van der Waals surface area contributed by atoms with Gasteiger partial charge in [0.15, 0.2) is 0 Å². The van der Waals surface area contributed by atoms with Crippen LogP contribution in [0.1, 0.15) is 79.6 Å². The fraction of sp³-hybridized carbons (Fsp3) is 0.667. The van der Waals surface area contributed by atoms with E-state index < -0.39 is 17.2 Å². The predicted molar refractivity (Wildman–Crippen MR) is 111 cm³/mol. The normalized spacial score (nSPS) is 14.4. The fourth-order valence-corrected chi connectivity index (χ4v) is 3.30. The monoisotopic (exact) mass is 390 g/mol. The lowest BCUT2D eigenvalue weighted by Gasteiger charge is -2.16. The number of nitrogens with zero attached hydrogens (tertiary/aromatic N) is 2. The van der Waals surface area contributed by atoms with Crippen LogP contribution in [0.15, 0.2) is 17.2 Å². The van der Waals surface area contributed by atoms with Gasteiger partial charge in [-0.15, -0.1) is 0 Å². The van der Waals surface area contributed by atoms with E-state index in [-0.39, 0.29) is 17.2 Å². The number of rotatable bonds is 10. The lowest BCUT2D eigenvalue weighted by molar-refractivity contribution is 0.0949. The number of likely N-dealkylation sites (tertiary alicyclic amines) is 1. The Labute approximate surface area is 167 Å². The fourth-order valence-electron chi connectivity index (χ4n) is 3.30. The van der Waals surface area contributed by atoms with Crippen LogP contribution < -0.4 is 16.1 Å². The number of unbranched alkanes of at least 4 members (excludes halogenated alkanes) is 1. The van der Waals surface area contributed by atoms with Crippen molar-refractivity contribution in [2.45, 2.75) is 58.9 Å². The summed E-state index contributed by atoms with van der Waals surface area (Å²) < 4.78 is 1.75. The van der Waals surface area contributed by atoms with Crippen LogP contribution in [0.3, 0.4) is 0 Å². The van der Waals surface area contributed by atoms with E-state index in [1.54, 1.807) is 17.0 Å². The van der Waals surface area contributed by atoms with Crippen molar-refractivity contribution in [2.24, 2.45) is 0 Å². The molecule has 1 fully saturated rings. The highest BCUT2D eigenvalue weighted by molar-refractivity contribution is 5.99. The van der Waals surface area contributed by atoms with Gasteiger partial charge < -0.3 is 20.1 Å². The third-order valence-electron chi connectivity index (χ3n) is 5.08. The predicted octanol–water partition coefficient (Wildman–Crippen LogP) is 2.17. The van der Waals surface area contributed by atoms with Crippen LogP contribution in [0.2, 0.25) is 0 Å². The van der Waals surface area contributed by atoms with E-state index in [4.69, 9.17) is 0 Å². The van der Waals surface area contributed by atoms with Crippen molar-refractivity contribution in [3.63, 3.8) is 0 Å². The van der Waals surface area contributed by atoms with Gasteiger partial charge in [-0.2, -0.15) is 0 Å². The molecule has 7 nitrogen and oxygen atoms in total. The molecule has 0 radical (unpaired) electrons. The lowest BCUT2D eigenvalue weighted by Crippen LogP contribution is -2.36. The summed E-state index contributed by atoms with van der Waals surface area (Å²) in [4.78, 5) is 40.2. The van der Waals surface area contributed by atoms with Gasteiger partial charge in [0.2, 0.25) is 5.43 Å². The van der Waals surface area contributed by atoms with Gasteiger partial charge in [-0.25, -0.2) is 0 Å². The molecule has 1 aromatic heterocycles. The molecule has 156 valence electrons. The first-order chi connectivity index (χ1) is 13.4. The largest absolute Gasteiger partial charge is 0.352 e. The van der Waals surface area contributed by atoms with E-state index in [2.05, 4.69) is 15.5 Å². The number of carbonyl (C=O) groups is 2. The molecule has 2 heterocycles. The van der Waals surface area contributed by atoms with Gasteiger partial charge in [0.1, 0.15) is 11.1 Å². The summed E-state index contributed by atoms with van der Waals surface area (Å²) >= 11 is 0. The van der Waals surface area contributed by atoms with Gasteiger partial charge in [0.05, 0.1) is 0 Å². The Balaban J connectivity index is 2.07. The number of hydrogen-bond acceptors (Lipinski definition) is 4. The Morgan fingerprint density at radius 3 is 2.04 bits per heavy atom. The molecule has 1 aliphatic rings. The number of amides is 2. The van der Waals surface area contributed by atoms with E-state index in [1.165, 1.54) is 12.8 Å². The molecule has 2 rings (SSSR count). The summed E-state index contributed by atoms with van der Waals surface area (Å²) in [5.41, 5.74) is -0.463. The minimum Gasteiger partial charge on any atom is -0.352 e. The zero-order chi connectivity index (χ0) is 20.5. The molecule has 0 aromatic carbocycles. The summed E-state index contributed by atoms with van der Waals surface area (Å²) in [6.07, 6.45) is 8.23. The zero-order valence-corrected chi connectivity index (χ0v) is 17.4. The number of carbonyl (C=O) groups excluding carboxylic acids is 2. The molecular weight excluding hydrogens is 356 g/mol. The van der Waals surface area contributed by atoms with Gasteiger partial charge in [-0.05, 0) is 59.2 Å². The van der Waals surface area contributed by atoms with Crippen LogP contribution in [0, 0.1) is 0 Å². The quantitative estimate of drug-likeness (QED) is 0.600. The SMILES string of the molecule is CCCCNC(=O)c1cn(C(C)C)cc(C(=O)NCCCN2CCCC2)c1=O. The van der Waals surface area contributed by atoms with Crippen molar-refractivity contribution in [3.05, 3.63) is 33.7 Å². The average Bonchev–Trinajstić information content (AvgIpc) is 3.18. The van der Waals surface area contributed by atoms with Gasteiger partial charge in [0, 0.05) is 31.5 Å². The molecule has 1 saturated heterocycles. The summed E-state index contributed by atoms with van der Waals surface area (Å²) in [6.45, 7) is 10.2. The molecule has 0 aliphatic carbocycles. The second-order valence-corrected chi connectivity index (χ2v) is 7.72. The Morgan fingerprint density at radius 1 is 1.00 bits per heavy atom. The van der Waals surface area contributed by atoms with Crippen LogP contribution >= 0.6 is 0 Å². The summed E-state index contributed by atoms with van der Waals surface area (Å²) in [7, 11) is 0. The molecule has 0 saturated carbocycles. The van der Waals surface area contributed by atoms with Crippen LogP contribution in [0.25, 0.3) is 0 Å². The van der Waals surface area contributed by atoms with Crippen LogP contribution in [0.4, 0.5) is 0 Å². The topological polar surface area (TPSA) is 83.4 Å². The summed E-state index contributed by atoms with van der Waals surface area (Å²) in [6, 6.07) is 0.0320. The standard InChI is InChI=1S/C21H34N4O3/c1-4-5-9-22-20(27)17-14-25(16(2)3)15-18(19(17)26)21(28)23-10-8-13-24-11-6-7-12-24/h14-16H,4-13H2,1-3H3,(H,22,27)(H,23,28). The highest BCUT2D eigenvalue weighted by Gasteiger charge is 2.20. The Bertz CT molecular complexity index is 721. The molecule has 0 bridgehead atoms. The lowest BCUT2D eigenvalue weighted by atomic mass is 10.1. The van der Waals surface area contributed by atoms with E-state index in [1.807, 2.05) is 20.8 Å². The first-order valence-corrected chi connectivity index (χ1v) is 10.5. The Kier molecular flexibility index (Phi) is 8.70. The molecule has 2 N–H and O–H groups in total. The Hall–Kier alpha value is -2.15. The summed E-state index contributed by atoms with van der Waals surface area (Å²) in [5, 5.41) is 5.60. The van der Waals surface area contributed by atoms with Crippen LogP contribution in [-0.4, -0.2) is 54.0 Å². The number of pyridine rings is 1. The van der Waals surface area contributed by atoms with Gasteiger partial charge in [-0.3, -0.25) is 14.4 Å². The van der Waals surface area contributed by atoms with E-state index in [0.29, 0.717) is 13.1 Å². The van der Waals surface area contributed by atoms with Gasteiger partial charge >= 0.3 is 0 Å². The van der Waals surface area contributed by atoms with Crippen LogP contribution in [-0.2, 0) is 0 Å². The second kappa shape index (κ2) is 11.0. The first kappa shape index (κ1) is 22.1. The van der Waals surface area contributed by atoms with Crippen molar-refractivity contribution >= 4 is 11.8 Å². The summed E-state index contributed by atoms with van der Waals surface area (Å²) in [5.74, 6) is -0.833. The van der Waals surface area contributed by atoms with E-state index in [9.17, 15) is 14.4 Å². The third-order valence-corrected chi connectivity index (χ3v) is 5.08. The number of nitrogens with one attached hydrogen (secondary N) is 2. The number of hydrogen-bond donors (Lipinski definition) is 2. The van der Waals surface area contributed by atoms with E-state index in [0.717, 1.165) is 38.9 Å². The molecular formula is C21H34N4O3. The number of aromatic nitrogens is 1. The maximum absolute atomic E-state index is 12.8. The zero-order valence-electron chi connectivity index (χ0n) is 17.4. The molecule has 7 heteroatoms. The average molecular weight is 391 g/mol. The van der Waals surface area contributed by atoms with Crippen molar-refractivity contribution in [2.75, 3.05) is 32.7 Å². The van der Waals surface area contributed by atoms with E-state index >= 15 is 0 Å². The highest BCUT2D eigenvalue weighted by Crippen LogP contribution is 2.08. The van der Waals surface area contributed by atoms with Gasteiger partial charge in [0.25, 0.3) is 11.8 Å². The Morgan fingerprint density at radius 2 is 1.54 bits per heavy atom.